The van der Waals surface area contributed by atoms with E-state index in [0.29, 0.717) is 11.2 Å². The molecule has 0 saturated carbocycles. The molecule has 106 valence electrons. The number of aryl methyl sites for hydroxylation is 2. The Bertz CT molecular complexity index is 427. The van der Waals surface area contributed by atoms with Crippen LogP contribution in [0.3, 0.4) is 0 Å². The topological polar surface area (TPSA) is 24.1 Å². The van der Waals surface area contributed by atoms with Gasteiger partial charge >= 0.3 is 0 Å². The first-order valence-electron chi connectivity index (χ1n) is 7.03. The second kappa shape index (κ2) is 7.49. The minimum atomic E-state index is 0.410. The molecule has 0 aliphatic rings. The number of rotatable bonds is 5. The molecule has 2 nitrogen and oxygen atoms in total. The Hall–Kier alpha value is -1.09. The Kier molecular flexibility index (Phi) is 6.29. The van der Waals surface area contributed by atoms with E-state index < -0.39 is 0 Å². The van der Waals surface area contributed by atoms with Gasteiger partial charge in [-0.25, -0.2) is 0 Å². The Morgan fingerprint density at radius 1 is 1.16 bits per heavy atom. The van der Waals surface area contributed by atoms with E-state index in [-0.39, 0.29) is 0 Å². The Morgan fingerprint density at radius 2 is 1.84 bits per heavy atom. The van der Waals surface area contributed by atoms with E-state index in [1.54, 1.807) is 0 Å². The van der Waals surface area contributed by atoms with Gasteiger partial charge in [-0.2, -0.15) is 0 Å². The van der Waals surface area contributed by atoms with Gasteiger partial charge in [0.15, 0.2) is 5.11 Å². The molecule has 0 bridgehead atoms. The molecule has 0 fully saturated rings. The molecule has 19 heavy (non-hydrogen) atoms. The number of hydrogen-bond acceptors (Lipinski definition) is 1. The summed E-state index contributed by atoms with van der Waals surface area (Å²) >= 11 is 5.37. The number of hydrogen-bond donors (Lipinski definition) is 2. The molecule has 0 radical (unpaired) electrons. The lowest BCUT2D eigenvalue weighted by atomic mass is 10.0. The number of anilines is 1. The first-order chi connectivity index (χ1) is 8.88. The third-order valence-electron chi connectivity index (χ3n) is 3.20. The van der Waals surface area contributed by atoms with Crippen molar-refractivity contribution in [2.45, 2.75) is 53.5 Å². The molecular weight excluding hydrogens is 252 g/mol. The van der Waals surface area contributed by atoms with Crippen LogP contribution in [0, 0.1) is 19.8 Å². The molecule has 1 rings (SSSR count). The SMILES string of the molecule is Cc1ccc(C)c(NC(=S)NC(C)CCC(C)C)c1. The van der Waals surface area contributed by atoms with Crippen LogP contribution in [-0.2, 0) is 0 Å². The van der Waals surface area contributed by atoms with Crippen LogP contribution < -0.4 is 10.6 Å². The maximum atomic E-state index is 5.37. The van der Waals surface area contributed by atoms with Crippen LogP contribution in [0.2, 0.25) is 0 Å². The highest BCUT2D eigenvalue weighted by Gasteiger charge is 2.07. The summed E-state index contributed by atoms with van der Waals surface area (Å²) in [5.74, 6) is 0.741. The van der Waals surface area contributed by atoms with Crippen LogP contribution >= 0.6 is 12.2 Å². The fourth-order valence-corrected chi connectivity index (χ4v) is 2.22. The summed E-state index contributed by atoms with van der Waals surface area (Å²) in [6.07, 6.45) is 2.37. The van der Waals surface area contributed by atoms with Gasteiger partial charge in [-0.15, -0.1) is 0 Å². The highest BCUT2D eigenvalue weighted by molar-refractivity contribution is 7.80. The van der Waals surface area contributed by atoms with Crippen molar-refractivity contribution in [3.63, 3.8) is 0 Å². The fraction of sp³-hybridized carbons (Fsp3) is 0.562. The normalized spacial score (nSPS) is 12.3. The predicted octanol–water partition coefficient (Wildman–Crippen LogP) is 4.41. The molecule has 0 saturated heterocycles. The fourth-order valence-electron chi connectivity index (χ4n) is 1.91. The van der Waals surface area contributed by atoms with Gasteiger partial charge in [0.25, 0.3) is 0 Å². The van der Waals surface area contributed by atoms with Crippen LogP contribution in [0.25, 0.3) is 0 Å². The summed E-state index contributed by atoms with van der Waals surface area (Å²) in [5, 5.41) is 7.35. The van der Waals surface area contributed by atoms with Crippen molar-refractivity contribution in [2.24, 2.45) is 5.92 Å². The highest BCUT2D eigenvalue weighted by atomic mass is 32.1. The number of thiocarbonyl (C=S) groups is 1. The zero-order valence-corrected chi connectivity index (χ0v) is 13.5. The summed E-state index contributed by atoms with van der Waals surface area (Å²) in [4.78, 5) is 0. The van der Waals surface area contributed by atoms with Crippen molar-refractivity contribution in [1.82, 2.24) is 5.32 Å². The van der Waals surface area contributed by atoms with Crippen molar-refractivity contribution in [3.8, 4) is 0 Å². The summed E-state index contributed by atoms with van der Waals surface area (Å²) in [6.45, 7) is 10.9. The van der Waals surface area contributed by atoms with Crippen LogP contribution in [-0.4, -0.2) is 11.2 Å². The van der Waals surface area contributed by atoms with Gasteiger partial charge in [0.2, 0.25) is 0 Å². The zero-order valence-electron chi connectivity index (χ0n) is 12.7. The van der Waals surface area contributed by atoms with Gasteiger partial charge in [-0.3, -0.25) is 0 Å². The minimum absolute atomic E-state index is 0.410. The first kappa shape index (κ1) is 16.0. The standard InChI is InChI=1S/C16H26N2S/c1-11(2)6-9-14(5)17-16(19)18-15-10-12(3)7-8-13(15)4/h7-8,10-11,14H,6,9H2,1-5H3,(H2,17,18,19). The third-order valence-corrected chi connectivity index (χ3v) is 3.42. The van der Waals surface area contributed by atoms with Crippen molar-refractivity contribution < 1.29 is 0 Å². The van der Waals surface area contributed by atoms with E-state index in [0.717, 1.165) is 18.0 Å². The second-order valence-electron chi connectivity index (χ2n) is 5.79. The molecule has 3 heteroatoms. The maximum absolute atomic E-state index is 5.37. The molecule has 0 heterocycles. The third kappa shape index (κ3) is 6.06. The van der Waals surface area contributed by atoms with E-state index in [2.05, 4.69) is 63.5 Å². The lowest BCUT2D eigenvalue weighted by Crippen LogP contribution is -2.36. The maximum Gasteiger partial charge on any atom is 0.170 e. The lowest BCUT2D eigenvalue weighted by molar-refractivity contribution is 0.494. The first-order valence-corrected chi connectivity index (χ1v) is 7.44. The molecule has 0 aliphatic carbocycles. The summed E-state index contributed by atoms with van der Waals surface area (Å²) in [7, 11) is 0. The van der Waals surface area contributed by atoms with E-state index in [1.165, 1.54) is 17.5 Å². The Morgan fingerprint density at radius 3 is 2.47 bits per heavy atom. The van der Waals surface area contributed by atoms with E-state index in [4.69, 9.17) is 12.2 Å². The van der Waals surface area contributed by atoms with Gasteiger partial charge in [0.1, 0.15) is 0 Å². The van der Waals surface area contributed by atoms with Gasteiger partial charge in [0.05, 0.1) is 0 Å². The van der Waals surface area contributed by atoms with Crippen molar-refractivity contribution in [1.29, 1.82) is 0 Å². The van der Waals surface area contributed by atoms with E-state index in [1.807, 2.05) is 0 Å². The van der Waals surface area contributed by atoms with Crippen LogP contribution in [0.1, 0.15) is 44.7 Å². The predicted molar refractivity (Wildman–Crippen MR) is 88.8 cm³/mol. The van der Waals surface area contributed by atoms with E-state index >= 15 is 0 Å². The molecule has 1 unspecified atom stereocenters. The van der Waals surface area contributed by atoms with E-state index in [9.17, 15) is 0 Å². The van der Waals surface area contributed by atoms with Gasteiger partial charge in [0, 0.05) is 11.7 Å². The van der Waals surface area contributed by atoms with Crippen molar-refractivity contribution >= 4 is 23.0 Å². The summed E-state index contributed by atoms with van der Waals surface area (Å²) < 4.78 is 0. The molecule has 0 spiro atoms. The van der Waals surface area contributed by atoms with Crippen LogP contribution in [0.4, 0.5) is 5.69 Å². The minimum Gasteiger partial charge on any atom is -0.360 e. The average Bonchev–Trinajstić information content (AvgIpc) is 2.31. The smallest absolute Gasteiger partial charge is 0.170 e. The van der Waals surface area contributed by atoms with Crippen molar-refractivity contribution in [3.05, 3.63) is 29.3 Å². The number of nitrogens with one attached hydrogen (secondary N) is 2. The summed E-state index contributed by atoms with van der Waals surface area (Å²) in [6, 6.07) is 6.76. The molecule has 2 N–H and O–H groups in total. The van der Waals surface area contributed by atoms with Crippen LogP contribution in [0.15, 0.2) is 18.2 Å². The van der Waals surface area contributed by atoms with Gasteiger partial charge in [-0.05, 0) is 68.9 Å². The molecule has 1 aromatic carbocycles. The molecular formula is C16H26N2S. The van der Waals surface area contributed by atoms with Crippen molar-refractivity contribution in [2.75, 3.05) is 5.32 Å². The highest BCUT2D eigenvalue weighted by Crippen LogP contribution is 2.16. The molecule has 0 aromatic heterocycles. The largest absolute Gasteiger partial charge is 0.360 e. The lowest BCUT2D eigenvalue weighted by Gasteiger charge is -2.19. The Balaban J connectivity index is 2.48. The second-order valence-corrected chi connectivity index (χ2v) is 6.20. The molecule has 0 aliphatic heterocycles. The Labute approximate surface area is 123 Å². The average molecular weight is 278 g/mol. The summed E-state index contributed by atoms with van der Waals surface area (Å²) in [5.41, 5.74) is 3.54. The van der Waals surface area contributed by atoms with Gasteiger partial charge < -0.3 is 10.6 Å². The van der Waals surface area contributed by atoms with Crippen LogP contribution in [0.5, 0.6) is 0 Å². The van der Waals surface area contributed by atoms with Gasteiger partial charge in [-0.1, -0.05) is 26.0 Å². The number of benzene rings is 1. The monoisotopic (exact) mass is 278 g/mol. The zero-order chi connectivity index (χ0) is 14.4. The quantitative estimate of drug-likeness (QED) is 0.780. The molecule has 1 atom stereocenters. The molecule has 0 amide bonds. The molecule has 1 aromatic rings.